The molecule has 0 radical (unpaired) electrons. The number of anilines is 1. The van der Waals surface area contributed by atoms with Crippen LogP contribution in [0.1, 0.15) is 24.2 Å². The lowest BCUT2D eigenvalue weighted by atomic mass is 10.1. The summed E-state index contributed by atoms with van der Waals surface area (Å²) in [6.07, 6.45) is 0. The van der Waals surface area contributed by atoms with Crippen LogP contribution in [0.15, 0.2) is 18.2 Å². The first-order valence-electron chi connectivity index (χ1n) is 6.43. The molecule has 1 amide bonds. The molecule has 0 saturated carbocycles. The van der Waals surface area contributed by atoms with Gasteiger partial charge in [0.2, 0.25) is 0 Å². The number of hydrogen-bond donors (Lipinski definition) is 2. The van der Waals surface area contributed by atoms with Gasteiger partial charge in [0.1, 0.15) is 0 Å². The third-order valence-corrected chi connectivity index (χ3v) is 2.85. The molecule has 1 aromatic rings. The van der Waals surface area contributed by atoms with Crippen LogP contribution < -0.4 is 10.6 Å². The van der Waals surface area contributed by atoms with E-state index in [2.05, 4.69) is 10.6 Å². The SMILES string of the molecule is CCNc1ccc(Cl)cc1C(=O)NC(C)CN(C)C. The summed E-state index contributed by atoms with van der Waals surface area (Å²) in [5.41, 5.74) is 1.39. The zero-order valence-corrected chi connectivity index (χ0v) is 12.7. The molecule has 0 fully saturated rings. The fourth-order valence-electron chi connectivity index (χ4n) is 1.94. The average molecular weight is 284 g/mol. The number of carbonyl (C=O) groups is 1. The van der Waals surface area contributed by atoms with Crippen LogP contribution in [0.2, 0.25) is 5.02 Å². The second-order valence-electron chi connectivity index (χ2n) is 4.86. The quantitative estimate of drug-likeness (QED) is 0.843. The van der Waals surface area contributed by atoms with Gasteiger partial charge >= 0.3 is 0 Å². The van der Waals surface area contributed by atoms with Gasteiger partial charge in [-0.15, -0.1) is 0 Å². The summed E-state index contributed by atoms with van der Waals surface area (Å²) in [4.78, 5) is 14.3. The van der Waals surface area contributed by atoms with Gasteiger partial charge in [-0.05, 0) is 46.1 Å². The second kappa shape index (κ2) is 7.36. The van der Waals surface area contributed by atoms with E-state index in [1.807, 2.05) is 38.9 Å². The Kier molecular flexibility index (Phi) is 6.12. The molecule has 0 heterocycles. The molecular formula is C14H22ClN3O. The summed E-state index contributed by atoms with van der Waals surface area (Å²) < 4.78 is 0. The van der Waals surface area contributed by atoms with E-state index in [0.717, 1.165) is 18.8 Å². The maximum atomic E-state index is 12.3. The summed E-state index contributed by atoms with van der Waals surface area (Å²) in [7, 11) is 3.96. The highest BCUT2D eigenvalue weighted by Gasteiger charge is 2.14. The average Bonchev–Trinajstić information content (AvgIpc) is 2.30. The predicted molar refractivity (Wildman–Crippen MR) is 81.1 cm³/mol. The van der Waals surface area contributed by atoms with Gasteiger partial charge in [0.05, 0.1) is 5.56 Å². The van der Waals surface area contributed by atoms with E-state index >= 15 is 0 Å². The lowest BCUT2D eigenvalue weighted by Crippen LogP contribution is -2.39. The van der Waals surface area contributed by atoms with Crippen LogP contribution in [0.25, 0.3) is 0 Å². The molecule has 1 unspecified atom stereocenters. The number of hydrogen-bond acceptors (Lipinski definition) is 3. The van der Waals surface area contributed by atoms with Crippen LogP contribution >= 0.6 is 11.6 Å². The Bertz CT molecular complexity index is 435. The number of nitrogens with zero attached hydrogens (tertiary/aromatic N) is 1. The van der Waals surface area contributed by atoms with Gasteiger partial charge in [-0.1, -0.05) is 11.6 Å². The number of likely N-dealkylation sites (N-methyl/N-ethyl adjacent to an activating group) is 1. The fraction of sp³-hybridized carbons (Fsp3) is 0.500. The molecule has 0 aromatic heterocycles. The van der Waals surface area contributed by atoms with E-state index in [-0.39, 0.29) is 11.9 Å². The maximum absolute atomic E-state index is 12.3. The lowest BCUT2D eigenvalue weighted by Gasteiger charge is -2.19. The van der Waals surface area contributed by atoms with Gasteiger partial charge in [-0.25, -0.2) is 0 Å². The molecule has 4 nitrogen and oxygen atoms in total. The standard InChI is InChI=1S/C14H22ClN3O/c1-5-16-13-7-6-11(15)8-12(13)14(19)17-10(2)9-18(3)4/h6-8,10,16H,5,9H2,1-4H3,(H,17,19). The zero-order valence-electron chi connectivity index (χ0n) is 12.0. The topological polar surface area (TPSA) is 44.4 Å². The Labute approximate surface area is 120 Å². The number of rotatable bonds is 6. The Balaban J connectivity index is 2.83. The molecule has 0 aliphatic rings. The van der Waals surface area contributed by atoms with Gasteiger partial charge in [-0.2, -0.15) is 0 Å². The molecule has 5 heteroatoms. The summed E-state index contributed by atoms with van der Waals surface area (Å²) in [5.74, 6) is -0.104. The predicted octanol–water partition coefficient (Wildman–Crippen LogP) is 2.45. The number of amides is 1. The minimum absolute atomic E-state index is 0.0796. The summed E-state index contributed by atoms with van der Waals surface area (Å²) in [5, 5.41) is 6.70. The van der Waals surface area contributed by atoms with Crippen LogP contribution in [0, 0.1) is 0 Å². The van der Waals surface area contributed by atoms with E-state index in [0.29, 0.717) is 10.6 Å². The van der Waals surface area contributed by atoms with Crippen molar-refractivity contribution in [3.63, 3.8) is 0 Å². The van der Waals surface area contributed by atoms with Crippen molar-refractivity contribution in [2.45, 2.75) is 19.9 Å². The van der Waals surface area contributed by atoms with E-state index in [1.54, 1.807) is 12.1 Å². The summed E-state index contributed by atoms with van der Waals surface area (Å²) in [6.45, 7) is 5.53. The van der Waals surface area contributed by atoms with E-state index in [9.17, 15) is 4.79 Å². The molecule has 0 bridgehead atoms. The van der Waals surface area contributed by atoms with Crippen molar-refractivity contribution in [2.75, 3.05) is 32.5 Å². The van der Waals surface area contributed by atoms with Crippen molar-refractivity contribution in [2.24, 2.45) is 0 Å². The zero-order chi connectivity index (χ0) is 14.4. The van der Waals surface area contributed by atoms with Gasteiger partial charge in [-0.3, -0.25) is 4.79 Å². The fourth-order valence-corrected chi connectivity index (χ4v) is 2.12. The van der Waals surface area contributed by atoms with Crippen molar-refractivity contribution >= 4 is 23.2 Å². The van der Waals surface area contributed by atoms with Crippen LogP contribution in [0.5, 0.6) is 0 Å². The molecular weight excluding hydrogens is 262 g/mol. The third kappa shape index (κ3) is 5.09. The molecule has 106 valence electrons. The lowest BCUT2D eigenvalue weighted by molar-refractivity contribution is 0.0935. The summed E-state index contributed by atoms with van der Waals surface area (Å²) in [6, 6.07) is 5.38. The molecule has 19 heavy (non-hydrogen) atoms. The van der Waals surface area contributed by atoms with Crippen molar-refractivity contribution in [3.8, 4) is 0 Å². The molecule has 1 atom stereocenters. The summed E-state index contributed by atoms with van der Waals surface area (Å²) >= 11 is 5.97. The molecule has 0 saturated heterocycles. The van der Waals surface area contributed by atoms with Crippen molar-refractivity contribution in [3.05, 3.63) is 28.8 Å². The molecule has 0 aliphatic carbocycles. The highest BCUT2D eigenvalue weighted by atomic mass is 35.5. The Morgan fingerprint density at radius 1 is 1.42 bits per heavy atom. The van der Waals surface area contributed by atoms with E-state index < -0.39 is 0 Å². The number of benzene rings is 1. The molecule has 2 N–H and O–H groups in total. The molecule has 0 aliphatic heterocycles. The Hall–Kier alpha value is -1.26. The second-order valence-corrected chi connectivity index (χ2v) is 5.29. The van der Waals surface area contributed by atoms with Crippen molar-refractivity contribution in [1.82, 2.24) is 10.2 Å². The normalized spacial score (nSPS) is 12.3. The smallest absolute Gasteiger partial charge is 0.253 e. The first-order valence-corrected chi connectivity index (χ1v) is 6.80. The first kappa shape index (κ1) is 15.8. The monoisotopic (exact) mass is 283 g/mol. The van der Waals surface area contributed by atoms with Gasteiger partial charge < -0.3 is 15.5 Å². The molecule has 1 aromatic carbocycles. The van der Waals surface area contributed by atoms with Crippen LogP contribution in [-0.4, -0.2) is 44.0 Å². The maximum Gasteiger partial charge on any atom is 0.253 e. The van der Waals surface area contributed by atoms with E-state index in [4.69, 9.17) is 11.6 Å². The van der Waals surface area contributed by atoms with E-state index in [1.165, 1.54) is 0 Å². The van der Waals surface area contributed by atoms with Gasteiger partial charge in [0.15, 0.2) is 0 Å². The Morgan fingerprint density at radius 3 is 2.68 bits per heavy atom. The number of nitrogens with one attached hydrogen (secondary N) is 2. The van der Waals surface area contributed by atoms with Crippen LogP contribution in [0.4, 0.5) is 5.69 Å². The molecule has 1 rings (SSSR count). The Morgan fingerprint density at radius 2 is 2.11 bits per heavy atom. The van der Waals surface area contributed by atoms with Crippen LogP contribution in [0.3, 0.4) is 0 Å². The highest BCUT2D eigenvalue weighted by molar-refractivity contribution is 6.31. The molecule has 0 spiro atoms. The van der Waals surface area contributed by atoms with Crippen molar-refractivity contribution in [1.29, 1.82) is 0 Å². The van der Waals surface area contributed by atoms with Crippen molar-refractivity contribution < 1.29 is 4.79 Å². The van der Waals surface area contributed by atoms with Gasteiger partial charge in [0.25, 0.3) is 5.91 Å². The van der Waals surface area contributed by atoms with Gasteiger partial charge in [0, 0.05) is 29.8 Å². The minimum Gasteiger partial charge on any atom is -0.385 e. The minimum atomic E-state index is -0.104. The first-order chi connectivity index (χ1) is 8.93. The highest BCUT2D eigenvalue weighted by Crippen LogP contribution is 2.20. The number of halogens is 1. The number of carbonyl (C=O) groups excluding carboxylic acids is 1. The van der Waals surface area contributed by atoms with Crippen LogP contribution in [-0.2, 0) is 0 Å². The largest absolute Gasteiger partial charge is 0.385 e. The third-order valence-electron chi connectivity index (χ3n) is 2.61.